The Hall–Kier alpha value is -2.57. The Kier molecular flexibility index (Phi) is 3.12. The molecule has 4 nitrogen and oxygen atoms in total. The molecule has 0 saturated heterocycles. The van der Waals surface area contributed by atoms with Gasteiger partial charge in [0, 0.05) is 23.9 Å². The third-order valence-corrected chi connectivity index (χ3v) is 2.44. The first kappa shape index (κ1) is 12.9. The molecule has 0 spiro atoms. The normalized spacial score (nSPS) is 10.5. The van der Waals surface area contributed by atoms with Crippen LogP contribution < -0.4 is 5.73 Å². The lowest BCUT2D eigenvalue weighted by Gasteiger charge is -2.02. The number of amides is 1. The van der Waals surface area contributed by atoms with Gasteiger partial charge in [0.25, 0.3) is 5.91 Å². The van der Waals surface area contributed by atoms with Gasteiger partial charge in [0.15, 0.2) is 5.78 Å². The molecule has 3 N–H and O–H groups in total. The molecule has 0 aliphatic rings. The summed E-state index contributed by atoms with van der Waals surface area (Å²) in [6.45, 7) is 0. The van der Waals surface area contributed by atoms with E-state index in [9.17, 15) is 22.8 Å². The van der Waals surface area contributed by atoms with Gasteiger partial charge in [0.1, 0.15) is 23.1 Å². The van der Waals surface area contributed by atoms with Crippen LogP contribution >= 0.6 is 0 Å². The topological polar surface area (TPSA) is 76.0 Å². The fourth-order valence-electron chi connectivity index (χ4n) is 1.57. The second kappa shape index (κ2) is 4.60. The summed E-state index contributed by atoms with van der Waals surface area (Å²) in [6.07, 6.45) is 1.09. The van der Waals surface area contributed by atoms with Crippen LogP contribution in [0.4, 0.5) is 13.2 Å². The molecule has 2 rings (SSSR count). The first-order chi connectivity index (χ1) is 8.90. The van der Waals surface area contributed by atoms with E-state index in [2.05, 4.69) is 4.98 Å². The minimum Gasteiger partial charge on any atom is -0.364 e. The van der Waals surface area contributed by atoms with E-state index in [1.807, 2.05) is 0 Å². The summed E-state index contributed by atoms with van der Waals surface area (Å²) in [4.78, 5) is 25.1. The molecule has 0 aliphatic carbocycles. The predicted molar refractivity (Wildman–Crippen MR) is 59.1 cm³/mol. The van der Waals surface area contributed by atoms with Crippen molar-refractivity contribution in [3.8, 4) is 0 Å². The van der Waals surface area contributed by atoms with Crippen molar-refractivity contribution in [2.45, 2.75) is 0 Å². The summed E-state index contributed by atoms with van der Waals surface area (Å²) in [7, 11) is 0. The fraction of sp³-hybridized carbons (Fsp3) is 0. The minimum absolute atomic E-state index is 0.0775. The summed E-state index contributed by atoms with van der Waals surface area (Å²) < 4.78 is 39.5. The van der Waals surface area contributed by atoms with Crippen LogP contribution in [0.5, 0.6) is 0 Å². The number of benzene rings is 1. The van der Waals surface area contributed by atoms with Crippen molar-refractivity contribution in [2.75, 3.05) is 0 Å². The number of carbonyl (C=O) groups excluding carboxylic acids is 2. The van der Waals surface area contributed by atoms with Gasteiger partial charge in [-0.25, -0.2) is 13.2 Å². The molecule has 1 aromatic heterocycles. The van der Waals surface area contributed by atoms with Crippen molar-refractivity contribution in [3.63, 3.8) is 0 Å². The summed E-state index contributed by atoms with van der Waals surface area (Å²) in [6, 6.07) is 1.86. The summed E-state index contributed by atoms with van der Waals surface area (Å²) in [5, 5.41) is 0. The first-order valence-corrected chi connectivity index (χ1v) is 5.07. The summed E-state index contributed by atoms with van der Waals surface area (Å²) >= 11 is 0. The Bertz CT molecular complexity index is 656. The Morgan fingerprint density at radius 3 is 2.11 bits per heavy atom. The molecular formula is C12H7F3N2O2. The number of ketones is 1. The highest BCUT2D eigenvalue weighted by molar-refractivity contribution is 6.10. The second-order valence-electron chi connectivity index (χ2n) is 3.74. The molecule has 7 heteroatoms. The van der Waals surface area contributed by atoms with E-state index in [-0.39, 0.29) is 11.3 Å². The lowest BCUT2D eigenvalue weighted by atomic mass is 10.0. The highest BCUT2D eigenvalue weighted by Crippen LogP contribution is 2.19. The quantitative estimate of drug-likeness (QED) is 0.832. The number of nitrogens with one attached hydrogen (secondary N) is 1. The van der Waals surface area contributed by atoms with Gasteiger partial charge in [-0.1, -0.05) is 0 Å². The lowest BCUT2D eigenvalue weighted by Crippen LogP contribution is -2.11. The van der Waals surface area contributed by atoms with Crippen molar-refractivity contribution in [2.24, 2.45) is 5.73 Å². The second-order valence-corrected chi connectivity index (χ2v) is 3.74. The number of hydrogen-bond donors (Lipinski definition) is 2. The zero-order valence-electron chi connectivity index (χ0n) is 9.34. The van der Waals surface area contributed by atoms with Crippen LogP contribution in [0.2, 0.25) is 0 Å². The summed E-state index contributed by atoms with van der Waals surface area (Å²) in [5.74, 6) is -5.59. The van der Waals surface area contributed by atoms with Crippen LogP contribution in [0.15, 0.2) is 24.4 Å². The minimum atomic E-state index is -1.32. The van der Waals surface area contributed by atoms with Crippen LogP contribution in [0.3, 0.4) is 0 Å². The molecule has 98 valence electrons. The standard InChI is InChI=1S/C12H7F3N2O2/c13-6-2-7(14)10(8(15)3-6)11(18)5-1-9(12(16)19)17-4-5/h1-4,17H,(H2,16,19). The molecule has 0 bridgehead atoms. The first-order valence-electron chi connectivity index (χ1n) is 5.07. The Morgan fingerprint density at radius 2 is 1.63 bits per heavy atom. The maximum absolute atomic E-state index is 13.4. The van der Waals surface area contributed by atoms with Crippen molar-refractivity contribution in [3.05, 3.63) is 58.7 Å². The van der Waals surface area contributed by atoms with Crippen LogP contribution in [0.25, 0.3) is 0 Å². The Morgan fingerprint density at radius 1 is 1.05 bits per heavy atom. The number of halogens is 3. The van der Waals surface area contributed by atoms with Gasteiger partial charge in [0.05, 0.1) is 5.56 Å². The molecule has 0 fully saturated rings. The van der Waals surface area contributed by atoms with Crippen molar-refractivity contribution >= 4 is 11.7 Å². The predicted octanol–water partition coefficient (Wildman–Crippen LogP) is 1.76. The van der Waals surface area contributed by atoms with Gasteiger partial charge in [-0.15, -0.1) is 0 Å². The van der Waals surface area contributed by atoms with E-state index in [0.717, 1.165) is 12.3 Å². The number of aromatic nitrogens is 1. The van der Waals surface area contributed by atoms with E-state index in [4.69, 9.17) is 5.73 Å². The van der Waals surface area contributed by atoms with Gasteiger partial charge in [0.2, 0.25) is 0 Å². The van der Waals surface area contributed by atoms with Crippen molar-refractivity contribution in [1.29, 1.82) is 0 Å². The van der Waals surface area contributed by atoms with Crippen LogP contribution in [0, 0.1) is 17.5 Å². The third-order valence-electron chi connectivity index (χ3n) is 2.44. The van der Waals surface area contributed by atoms with E-state index < -0.39 is 34.7 Å². The monoisotopic (exact) mass is 268 g/mol. The molecule has 0 aliphatic heterocycles. The van der Waals surface area contributed by atoms with E-state index in [0.29, 0.717) is 12.1 Å². The molecule has 1 aromatic carbocycles. The maximum Gasteiger partial charge on any atom is 0.265 e. The lowest BCUT2D eigenvalue weighted by molar-refractivity contribution is 0.0995. The highest BCUT2D eigenvalue weighted by atomic mass is 19.1. The fourth-order valence-corrected chi connectivity index (χ4v) is 1.57. The third kappa shape index (κ3) is 2.35. The smallest absolute Gasteiger partial charge is 0.265 e. The molecule has 1 heterocycles. The van der Waals surface area contributed by atoms with Crippen LogP contribution in [-0.2, 0) is 0 Å². The van der Waals surface area contributed by atoms with Gasteiger partial charge in [-0.2, -0.15) is 0 Å². The molecule has 2 aromatic rings. The molecular weight excluding hydrogens is 261 g/mol. The maximum atomic E-state index is 13.4. The number of primary amides is 1. The molecule has 1 amide bonds. The van der Waals surface area contributed by atoms with Crippen LogP contribution in [0.1, 0.15) is 26.4 Å². The zero-order chi connectivity index (χ0) is 14.2. The van der Waals surface area contributed by atoms with Gasteiger partial charge in [-0.3, -0.25) is 9.59 Å². The SMILES string of the molecule is NC(=O)c1cc(C(=O)c2c(F)cc(F)cc2F)c[nH]1. The molecule has 0 radical (unpaired) electrons. The number of carbonyl (C=O) groups is 2. The highest BCUT2D eigenvalue weighted by Gasteiger charge is 2.21. The molecule has 0 atom stereocenters. The Balaban J connectivity index is 2.47. The summed E-state index contributed by atoms with van der Waals surface area (Å²) in [5.41, 5.74) is 3.84. The van der Waals surface area contributed by atoms with Gasteiger partial charge >= 0.3 is 0 Å². The molecule has 19 heavy (non-hydrogen) atoms. The number of rotatable bonds is 3. The van der Waals surface area contributed by atoms with Crippen molar-refractivity contribution in [1.82, 2.24) is 4.98 Å². The number of H-pyrrole nitrogens is 1. The van der Waals surface area contributed by atoms with Crippen molar-refractivity contribution < 1.29 is 22.8 Å². The van der Waals surface area contributed by atoms with E-state index in [1.165, 1.54) is 0 Å². The van der Waals surface area contributed by atoms with Gasteiger partial charge in [-0.05, 0) is 6.07 Å². The largest absolute Gasteiger partial charge is 0.364 e. The average molecular weight is 268 g/mol. The molecule has 0 saturated carbocycles. The van der Waals surface area contributed by atoms with E-state index in [1.54, 1.807) is 0 Å². The average Bonchev–Trinajstić information content (AvgIpc) is 2.76. The number of hydrogen-bond acceptors (Lipinski definition) is 2. The van der Waals surface area contributed by atoms with Gasteiger partial charge < -0.3 is 10.7 Å². The zero-order valence-corrected chi connectivity index (χ0v) is 9.34. The van der Waals surface area contributed by atoms with E-state index >= 15 is 0 Å². The Labute approximate surface area is 105 Å². The van der Waals surface area contributed by atoms with Crippen LogP contribution in [-0.4, -0.2) is 16.7 Å². The molecule has 0 unspecified atom stereocenters. The number of nitrogens with two attached hydrogens (primary N) is 1. The number of aromatic amines is 1.